The predicted molar refractivity (Wildman–Crippen MR) is 66.6 cm³/mol. The van der Waals surface area contributed by atoms with E-state index in [0.717, 1.165) is 6.54 Å². The van der Waals surface area contributed by atoms with E-state index in [2.05, 4.69) is 44.1 Å². The second-order valence-corrected chi connectivity index (χ2v) is 4.13. The van der Waals surface area contributed by atoms with Gasteiger partial charge in [0.15, 0.2) is 5.82 Å². The third-order valence-electron chi connectivity index (χ3n) is 2.66. The molecule has 2 aromatic rings. The molecule has 0 saturated carbocycles. The van der Waals surface area contributed by atoms with Crippen molar-refractivity contribution >= 4 is 0 Å². The molecule has 6 nitrogen and oxygen atoms in total. The van der Waals surface area contributed by atoms with E-state index < -0.39 is 0 Å². The first-order valence-corrected chi connectivity index (χ1v) is 5.83. The highest BCUT2D eigenvalue weighted by atomic mass is 16.5. The summed E-state index contributed by atoms with van der Waals surface area (Å²) in [6, 6.07) is 8.35. The smallest absolute Gasteiger partial charge is 0.191 e. The van der Waals surface area contributed by atoms with Crippen LogP contribution in [0.5, 0.6) is 0 Å². The number of aromatic amines is 1. The van der Waals surface area contributed by atoms with Crippen LogP contribution in [-0.2, 0) is 17.9 Å². The first-order valence-electron chi connectivity index (χ1n) is 5.83. The Kier molecular flexibility index (Phi) is 4.38. The number of nitrogens with one attached hydrogen (secondary N) is 2. The zero-order chi connectivity index (χ0) is 12.8. The highest BCUT2D eigenvalue weighted by Crippen LogP contribution is 2.09. The van der Waals surface area contributed by atoms with E-state index in [-0.39, 0.29) is 6.04 Å². The number of benzene rings is 1. The average molecular weight is 247 g/mol. The van der Waals surface area contributed by atoms with Crippen LogP contribution in [0.25, 0.3) is 0 Å². The van der Waals surface area contributed by atoms with Gasteiger partial charge in [0.1, 0.15) is 0 Å². The van der Waals surface area contributed by atoms with Crippen LogP contribution in [0.2, 0.25) is 0 Å². The topological polar surface area (TPSA) is 75.7 Å². The zero-order valence-electron chi connectivity index (χ0n) is 10.6. The molecule has 1 atom stereocenters. The molecule has 1 unspecified atom stereocenters. The molecule has 1 aromatic carbocycles. The van der Waals surface area contributed by atoms with E-state index in [1.54, 1.807) is 7.11 Å². The van der Waals surface area contributed by atoms with E-state index in [1.165, 1.54) is 11.1 Å². The van der Waals surface area contributed by atoms with Crippen molar-refractivity contribution in [3.63, 3.8) is 0 Å². The van der Waals surface area contributed by atoms with Gasteiger partial charge in [0.25, 0.3) is 0 Å². The van der Waals surface area contributed by atoms with Crippen LogP contribution in [-0.4, -0.2) is 27.7 Å². The summed E-state index contributed by atoms with van der Waals surface area (Å²) in [5, 5.41) is 17.2. The maximum atomic E-state index is 5.11. The van der Waals surface area contributed by atoms with Crippen molar-refractivity contribution in [1.29, 1.82) is 0 Å². The zero-order valence-corrected chi connectivity index (χ0v) is 10.6. The van der Waals surface area contributed by atoms with Crippen LogP contribution in [0, 0.1) is 0 Å². The minimum atomic E-state index is 0.0647. The molecule has 2 rings (SSSR count). The molecule has 6 heteroatoms. The van der Waals surface area contributed by atoms with Gasteiger partial charge in [-0.15, -0.1) is 10.2 Å². The van der Waals surface area contributed by atoms with Gasteiger partial charge in [-0.1, -0.05) is 29.5 Å². The van der Waals surface area contributed by atoms with E-state index in [9.17, 15) is 0 Å². The second kappa shape index (κ2) is 6.23. The van der Waals surface area contributed by atoms with Gasteiger partial charge in [-0.25, -0.2) is 0 Å². The molecule has 0 fully saturated rings. The third kappa shape index (κ3) is 3.35. The number of methoxy groups -OCH3 is 1. The summed E-state index contributed by atoms with van der Waals surface area (Å²) in [5.41, 5.74) is 2.38. The lowest BCUT2D eigenvalue weighted by atomic mass is 10.1. The third-order valence-corrected chi connectivity index (χ3v) is 2.66. The molecular formula is C12H17N5O. The van der Waals surface area contributed by atoms with Crippen LogP contribution in [0.1, 0.15) is 29.9 Å². The molecule has 0 aliphatic carbocycles. The molecule has 2 N–H and O–H groups in total. The number of hydrogen-bond acceptors (Lipinski definition) is 5. The Hall–Kier alpha value is -1.79. The van der Waals surface area contributed by atoms with Gasteiger partial charge >= 0.3 is 0 Å². The molecule has 0 radical (unpaired) electrons. The standard InChI is InChI=1S/C12H17N5O/c1-9(12-14-16-17-15-12)13-7-10-4-3-5-11(6-10)8-18-2/h3-6,9,13H,7-8H2,1-2H3,(H,14,15,16,17). The summed E-state index contributed by atoms with van der Waals surface area (Å²) < 4.78 is 5.11. The lowest BCUT2D eigenvalue weighted by Crippen LogP contribution is -2.19. The Morgan fingerprint density at radius 3 is 2.94 bits per heavy atom. The molecule has 1 aromatic heterocycles. The number of nitrogens with zero attached hydrogens (tertiary/aromatic N) is 3. The number of aromatic nitrogens is 4. The molecule has 0 saturated heterocycles. The molecule has 0 aliphatic rings. The lowest BCUT2D eigenvalue weighted by Gasteiger charge is -2.10. The van der Waals surface area contributed by atoms with Crippen molar-refractivity contribution in [2.75, 3.05) is 7.11 Å². The molecular weight excluding hydrogens is 230 g/mol. The molecule has 0 amide bonds. The summed E-state index contributed by atoms with van der Waals surface area (Å²) in [4.78, 5) is 0. The highest BCUT2D eigenvalue weighted by molar-refractivity contribution is 5.23. The Bertz CT molecular complexity index is 471. The van der Waals surface area contributed by atoms with Gasteiger partial charge in [-0.05, 0) is 18.1 Å². The Morgan fingerprint density at radius 1 is 1.39 bits per heavy atom. The van der Waals surface area contributed by atoms with Crippen LogP contribution in [0.4, 0.5) is 0 Å². The summed E-state index contributed by atoms with van der Waals surface area (Å²) in [6.07, 6.45) is 0. The maximum absolute atomic E-state index is 5.11. The summed E-state index contributed by atoms with van der Waals surface area (Å²) in [7, 11) is 1.70. The number of hydrogen-bond donors (Lipinski definition) is 2. The van der Waals surface area contributed by atoms with Crippen LogP contribution >= 0.6 is 0 Å². The SMILES string of the molecule is COCc1cccc(CNC(C)c2nn[nH]n2)c1. The molecule has 96 valence electrons. The summed E-state index contributed by atoms with van der Waals surface area (Å²) in [5.74, 6) is 0.669. The number of ether oxygens (including phenoxy) is 1. The minimum Gasteiger partial charge on any atom is -0.380 e. The Labute approximate surface area is 106 Å². The largest absolute Gasteiger partial charge is 0.380 e. The quantitative estimate of drug-likeness (QED) is 0.802. The van der Waals surface area contributed by atoms with Crippen LogP contribution in [0.3, 0.4) is 0 Å². The summed E-state index contributed by atoms with van der Waals surface area (Å²) in [6.45, 7) is 3.39. The second-order valence-electron chi connectivity index (χ2n) is 4.13. The normalized spacial score (nSPS) is 12.6. The van der Waals surface area contributed by atoms with Crippen molar-refractivity contribution in [3.05, 3.63) is 41.2 Å². The number of rotatable bonds is 6. The van der Waals surface area contributed by atoms with Crippen molar-refractivity contribution in [3.8, 4) is 0 Å². The van der Waals surface area contributed by atoms with Crippen molar-refractivity contribution in [1.82, 2.24) is 25.9 Å². The number of H-pyrrole nitrogens is 1. The summed E-state index contributed by atoms with van der Waals surface area (Å²) >= 11 is 0. The predicted octanol–water partition coefficient (Wildman–Crippen LogP) is 1.20. The van der Waals surface area contributed by atoms with Crippen LogP contribution in [0.15, 0.2) is 24.3 Å². The van der Waals surface area contributed by atoms with Gasteiger partial charge in [-0.3, -0.25) is 0 Å². The first kappa shape index (κ1) is 12.7. The molecule has 0 bridgehead atoms. The van der Waals surface area contributed by atoms with E-state index in [4.69, 9.17) is 4.74 Å². The van der Waals surface area contributed by atoms with E-state index in [1.807, 2.05) is 13.0 Å². The van der Waals surface area contributed by atoms with Gasteiger partial charge in [0, 0.05) is 13.7 Å². The maximum Gasteiger partial charge on any atom is 0.191 e. The van der Waals surface area contributed by atoms with Gasteiger partial charge < -0.3 is 10.1 Å². The van der Waals surface area contributed by atoms with E-state index >= 15 is 0 Å². The van der Waals surface area contributed by atoms with Crippen LogP contribution < -0.4 is 5.32 Å². The lowest BCUT2D eigenvalue weighted by molar-refractivity contribution is 0.185. The van der Waals surface area contributed by atoms with Crippen molar-refractivity contribution < 1.29 is 4.74 Å². The van der Waals surface area contributed by atoms with Gasteiger partial charge in [-0.2, -0.15) is 5.21 Å². The van der Waals surface area contributed by atoms with E-state index in [0.29, 0.717) is 12.4 Å². The van der Waals surface area contributed by atoms with Gasteiger partial charge in [0.2, 0.25) is 0 Å². The minimum absolute atomic E-state index is 0.0647. The first-order chi connectivity index (χ1) is 8.79. The average Bonchev–Trinajstić information content (AvgIpc) is 2.91. The Morgan fingerprint density at radius 2 is 2.22 bits per heavy atom. The fourth-order valence-electron chi connectivity index (χ4n) is 1.71. The molecule has 0 aliphatic heterocycles. The Balaban J connectivity index is 1.91. The van der Waals surface area contributed by atoms with Crippen molar-refractivity contribution in [2.24, 2.45) is 0 Å². The van der Waals surface area contributed by atoms with Gasteiger partial charge in [0.05, 0.1) is 12.6 Å². The highest BCUT2D eigenvalue weighted by Gasteiger charge is 2.09. The fraction of sp³-hybridized carbons (Fsp3) is 0.417. The molecule has 1 heterocycles. The number of tetrazole rings is 1. The molecule has 0 spiro atoms. The van der Waals surface area contributed by atoms with Crippen molar-refractivity contribution in [2.45, 2.75) is 26.1 Å². The monoisotopic (exact) mass is 247 g/mol. The molecule has 18 heavy (non-hydrogen) atoms. The fourth-order valence-corrected chi connectivity index (χ4v) is 1.71.